The molecule has 5 nitrogen and oxygen atoms in total. The fourth-order valence-corrected chi connectivity index (χ4v) is 7.75. The van der Waals surface area contributed by atoms with Gasteiger partial charge >= 0.3 is 0 Å². The lowest BCUT2D eigenvalue weighted by Gasteiger charge is -2.13. The lowest BCUT2D eigenvalue weighted by molar-refractivity contribution is 0.669. The molecular weight excluding hydrogens is 633 g/mol. The van der Waals surface area contributed by atoms with Crippen molar-refractivity contribution in [3.8, 4) is 55.9 Å². The molecular formula is C44H26N4OS. The average molecular weight is 659 g/mol. The molecule has 7 aromatic carbocycles. The lowest BCUT2D eigenvalue weighted by Crippen LogP contribution is -2.00. The predicted octanol–water partition coefficient (Wildman–Crippen LogP) is 11.9. The van der Waals surface area contributed by atoms with E-state index in [4.69, 9.17) is 24.4 Å². The van der Waals surface area contributed by atoms with Gasteiger partial charge in [0.2, 0.25) is 0 Å². The Bertz CT molecular complexity index is 2810. The standard InChI is InChI=1S/C44H26N4OS/c1-4-13-27(14-5-1)41-46-42(28-15-6-2-7-16-28)48-43(47-41)34-24-31(23-30-19-10-11-20-32(30)34)33-21-12-22-37-40(33)35-25-36-39(26-38(35)49-37)50-44(45-36)29-17-8-3-9-18-29/h1-26H. The van der Waals surface area contributed by atoms with Gasteiger partial charge in [0.1, 0.15) is 16.2 Å². The Hall–Kier alpha value is -6.50. The highest BCUT2D eigenvalue weighted by atomic mass is 32.1. The molecule has 0 amide bonds. The molecule has 0 bridgehead atoms. The van der Waals surface area contributed by atoms with Crippen molar-refractivity contribution in [2.24, 2.45) is 0 Å². The second-order valence-corrected chi connectivity index (χ2v) is 13.3. The van der Waals surface area contributed by atoms with Crippen molar-refractivity contribution in [2.75, 3.05) is 0 Å². The molecule has 50 heavy (non-hydrogen) atoms. The predicted molar refractivity (Wildman–Crippen MR) is 205 cm³/mol. The zero-order chi connectivity index (χ0) is 33.0. The summed E-state index contributed by atoms with van der Waals surface area (Å²) in [5.41, 5.74) is 8.71. The van der Waals surface area contributed by atoms with Gasteiger partial charge in [0.25, 0.3) is 0 Å². The van der Waals surface area contributed by atoms with Crippen molar-refractivity contribution in [3.63, 3.8) is 0 Å². The molecule has 0 radical (unpaired) electrons. The second-order valence-electron chi connectivity index (χ2n) is 12.3. The van der Waals surface area contributed by atoms with Gasteiger partial charge in [0.15, 0.2) is 17.5 Å². The first kappa shape index (κ1) is 28.5. The molecule has 0 saturated heterocycles. The molecule has 0 saturated carbocycles. The fraction of sp³-hybridized carbons (Fsp3) is 0. The third-order valence-corrected chi connectivity index (χ3v) is 10.2. The summed E-state index contributed by atoms with van der Waals surface area (Å²) in [6.45, 7) is 0. The molecule has 10 aromatic rings. The minimum Gasteiger partial charge on any atom is -0.456 e. The van der Waals surface area contributed by atoms with Gasteiger partial charge < -0.3 is 4.42 Å². The third kappa shape index (κ3) is 4.85. The topological polar surface area (TPSA) is 64.7 Å². The highest BCUT2D eigenvalue weighted by Gasteiger charge is 2.19. The van der Waals surface area contributed by atoms with Crippen LogP contribution in [0.1, 0.15) is 0 Å². The molecule has 3 heterocycles. The SMILES string of the molecule is c1ccc(-c2nc(-c3ccccc3)nc(-c3cc(-c4cccc5oc6cc7sc(-c8ccccc8)nc7cc6c45)cc4ccccc34)n2)cc1. The van der Waals surface area contributed by atoms with Crippen LogP contribution in [0.3, 0.4) is 0 Å². The molecule has 234 valence electrons. The smallest absolute Gasteiger partial charge is 0.164 e. The van der Waals surface area contributed by atoms with E-state index in [-0.39, 0.29) is 0 Å². The number of fused-ring (bicyclic) bond motifs is 5. The molecule has 0 aliphatic rings. The normalized spacial score (nSPS) is 11.6. The minimum absolute atomic E-state index is 0.623. The maximum absolute atomic E-state index is 6.52. The first-order valence-electron chi connectivity index (χ1n) is 16.5. The summed E-state index contributed by atoms with van der Waals surface area (Å²) >= 11 is 1.69. The Morgan fingerprint density at radius 1 is 0.420 bits per heavy atom. The van der Waals surface area contributed by atoms with E-state index in [2.05, 4.69) is 72.8 Å². The molecule has 10 rings (SSSR count). The number of hydrogen-bond donors (Lipinski definition) is 0. The van der Waals surface area contributed by atoms with Crippen LogP contribution in [0.15, 0.2) is 162 Å². The number of thiazole rings is 1. The van der Waals surface area contributed by atoms with E-state index in [1.165, 1.54) is 0 Å². The van der Waals surface area contributed by atoms with Crippen LogP contribution in [0, 0.1) is 0 Å². The molecule has 0 unspecified atom stereocenters. The number of nitrogens with zero attached hydrogens (tertiary/aromatic N) is 4. The van der Waals surface area contributed by atoms with Crippen molar-refractivity contribution in [1.29, 1.82) is 0 Å². The Labute approximate surface area is 291 Å². The van der Waals surface area contributed by atoms with E-state index in [0.717, 1.165) is 81.3 Å². The van der Waals surface area contributed by atoms with Crippen LogP contribution in [-0.4, -0.2) is 19.9 Å². The zero-order valence-corrected chi connectivity index (χ0v) is 27.4. The number of benzene rings is 7. The van der Waals surface area contributed by atoms with Crippen molar-refractivity contribution >= 4 is 54.3 Å². The van der Waals surface area contributed by atoms with Gasteiger partial charge in [-0.2, -0.15) is 0 Å². The molecule has 6 heteroatoms. The van der Waals surface area contributed by atoms with Crippen LogP contribution in [-0.2, 0) is 0 Å². The molecule has 0 aliphatic heterocycles. The highest BCUT2D eigenvalue weighted by Crippen LogP contribution is 2.42. The molecule has 0 atom stereocenters. The molecule has 0 aliphatic carbocycles. The number of hydrogen-bond acceptors (Lipinski definition) is 6. The zero-order valence-electron chi connectivity index (χ0n) is 26.6. The van der Waals surface area contributed by atoms with Crippen molar-refractivity contribution in [2.45, 2.75) is 0 Å². The first-order valence-corrected chi connectivity index (χ1v) is 17.3. The van der Waals surface area contributed by atoms with Crippen LogP contribution >= 0.6 is 11.3 Å². The largest absolute Gasteiger partial charge is 0.456 e. The van der Waals surface area contributed by atoms with E-state index in [1.807, 2.05) is 84.9 Å². The van der Waals surface area contributed by atoms with Crippen molar-refractivity contribution in [3.05, 3.63) is 158 Å². The van der Waals surface area contributed by atoms with E-state index in [0.29, 0.717) is 17.5 Å². The summed E-state index contributed by atoms with van der Waals surface area (Å²) in [6.07, 6.45) is 0. The van der Waals surface area contributed by atoms with Gasteiger partial charge in [-0.25, -0.2) is 19.9 Å². The minimum atomic E-state index is 0.623. The average Bonchev–Trinajstić information content (AvgIpc) is 3.78. The third-order valence-electron chi connectivity index (χ3n) is 9.14. The summed E-state index contributed by atoms with van der Waals surface area (Å²) in [5.74, 6) is 1.89. The van der Waals surface area contributed by atoms with E-state index in [1.54, 1.807) is 11.3 Å². The Morgan fingerprint density at radius 2 is 1.06 bits per heavy atom. The van der Waals surface area contributed by atoms with Crippen LogP contribution in [0.4, 0.5) is 0 Å². The maximum atomic E-state index is 6.52. The van der Waals surface area contributed by atoms with Crippen LogP contribution in [0.5, 0.6) is 0 Å². The van der Waals surface area contributed by atoms with E-state index >= 15 is 0 Å². The quantitative estimate of drug-likeness (QED) is 0.184. The van der Waals surface area contributed by atoms with Gasteiger partial charge in [-0.15, -0.1) is 11.3 Å². The van der Waals surface area contributed by atoms with Crippen LogP contribution < -0.4 is 0 Å². The Morgan fingerprint density at radius 3 is 1.78 bits per heavy atom. The monoisotopic (exact) mass is 658 g/mol. The van der Waals surface area contributed by atoms with E-state index < -0.39 is 0 Å². The van der Waals surface area contributed by atoms with Gasteiger partial charge in [-0.3, -0.25) is 0 Å². The second kappa shape index (κ2) is 11.6. The van der Waals surface area contributed by atoms with Crippen molar-refractivity contribution < 1.29 is 4.42 Å². The van der Waals surface area contributed by atoms with Crippen molar-refractivity contribution in [1.82, 2.24) is 19.9 Å². The maximum Gasteiger partial charge on any atom is 0.164 e. The number of rotatable bonds is 5. The van der Waals surface area contributed by atoms with Gasteiger partial charge in [0, 0.05) is 39.1 Å². The highest BCUT2D eigenvalue weighted by molar-refractivity contribution is 7.21. The Kier molecular flexibility index (Phi) is 6.60. The molecule has 0 spiro atoms. The summed E-state index contributed by atoms with van der Waals surface area (Å²) in [7, 11) is 0. The number of aromatic nitrogens is 4. The Balaban J connectivity index is 1.20. The van der Waals surface area contributed by atoms with Crippen LogP contribution in [0.2, 0.25) is 0 Å². The summed E-state index contributed by atoms with van der Waals surface area (Å²) < 4.78 is 7.62. The summed E-state index contributed by atoms with van der Waals surface area (Å²) in [5, 5.41) is 5.27. The molecule has 0 N–H and O–H groups in total. The molecule has 3 aromatic heterocycles. The summed E-state index contributed by atoms with van der Waals surface area (Å²) in [4.78, 5) is 20.2. The number of furan rings is 1. The first-order chi connectivity index (χ1) is 24.7. The van der Waals surface area contributed by atoms with Gasteiger partial charge in [-0.1, -0.05) is 127 Å². The van der Waals surface area contributed by atoms with Crippen LogP contribution in [0.25, 0.3) is 98.8 Å². The molecule has 0 fully saturated rings. The van der Waals surface area contributed by atoms with Gasteiger partial charge in [0.05, 0.1) is 10.2 Å². The summed E-state index contributed by atoms with van der Waals surface area (Å²) in [6, 6.07) is 54.0. The lowest BCUT2D eigenvalue weighted by atomic mass is 9.93. The van der Waals surface area contributed by atoms with Gasteiger partial charge in [-0.05, 0) is 46.2 Å². The fourth-order valence-electron chi connectivity index (χ4n) is 6.77. The van der Waals surface area contributed by atoms with E-state index in [9.17, 15) is 0 Å².